The zero-order chi connectivity index (χ0) is 18.9. The van der Waals surface area contributed by atoms with E-state index in [0.29, 0.717) is 11.8 Å². The molecule has 0 radical (unpaired) electrons. The molecule has 0 saturated carbocycles. The van der Waals surface area contributed by atoms with Crippen LogP contribution in [-0.2, 0) is 6.42 Å². The van der Waals surface area contributed by atoms with Crippen molar-refractivity contribution in [3.63, 3.8) is 0 Å². The molecule has 26 heavy (non-hydrogen) atoms. The van der Waals surface area contributed by atoms with Crippen molar-refractivity contribution >= 4 is 28.7 Å². The summed E-state index contributed by atoms with van der Waals surface area (Å²) in [4.78, 5) is 6.06. The number of aryl methyl sites for hydroxylation is 1. The SMILES string of the molecule is CC(C)C/C=C\c1ccc(C(C)CCCCCc2ccc(C(C)C)s2)s1. The lowest BCUT2D eigenvalue weighted by Crippen LogP contribution is -1.91. The molecule has 0 N–H and O–H groups in total. The van der Waals surface area contributed by atoms with Gasteiger partial charge in [0.1, 0.15) is 0 Å². The minimum atomic E-state index is 0.672. The van der Waals surface area contributed by atoms with Crippen molar-refractivity contribution < 1.29 is 0 Å². The van der Waals surface area contributed by atoms with Gasteiger partial charge in [-0.3, -0.25) is 0 Å². The van der Waals surface area contributed by atoms with Crippen LogP contribution in [0.15, 0.2) is 30.3 Å². The Bertz CT molecular complexity index is 657. The number of thiophene rings is 2. The molecule has 0 aromatic carbocycles. The summed E-state index contributed by atoms with van der Waals surface area (Å²) in [6.45, 7) is 11.5. The molecule has 0 nitrogen and oxygen atoms in total. The fourth-order valence-electron chi connectivity index (χ4n) is 3.09. The summed E-state index contributed by atoms with van der Waals surface area (Å²) in [6, 6.07) is 9.28. The molecule has 0 fully saturated rings. The van der Waals surface area contributed by atoms with E-state index in [2.05, 4.69) is 71.0 Å². The van der Waals surface area contributed by atoms with Crippen LogP contribution in [0.1, 0.15) is 98.1 Å². The number of rotatable bonds is 11. The Labute approximate surface area is 169 Å². The van der Waals surface area contributed by atoms with Gasteiger partial charge in [-0.05, 0) is 73.8 Å². The van der Waals surface area contributed by atoms with Crippen LogP contribution in [0.25, 0.3) is 6.08 Å². The summed E-state index contributed by atoms with van der Waals surface area (Å²) in [5, 5.41) is 0. The van der Waals surface area contributed by atoms with Crippen LogP contribution in [0.3, 0.4) is 0 Å². The van der Waals surface area contributed by atoms with Crippen LogP contribution in [0.5, 0.6) is 0 Å². The van der Waals surface area contributed by atoms with Gasteiger partial charge >= 0.3 is 0 Å². The number of allylic oxidation sites excluding steroid dienone is 1. The first kappa shape index (κ1) is 21.4. The van der Waals surface area contributed by atoms with E-state index in [1.807, 2.05) is 22.7 Å². The second-order valence-corrected chi connectivity index (χ2v) is 10.6. The second kappa shape index (κ2) is 11.1. The largest absolute Gasteiger partial charge is 0.145 e. The van der Waals surface area contributed by atoms with Crippen LogP contribution < -0.4 is 0 Å². The van der Waals surface area contributed by atoms with Crippen molar-refractivity contribution in [2.45, 2.75) is 85.0 Å². The highest BCUT2D eigenvalue weighted by atomic mass is 32.1. The maximum absolute atomic E-state index is 2.39. The molecule has 0 bridgehead atoms. The lowest BCUT2D eigenvalue weighted by atomic mass is 10.0. The molecule has 144 valence electrons. The number of hydrogen-bond donors (Lipinski definition) is 0. The molecule has 0 amide bonds. The first-order valence-corrected chi connectivity index (χ1v) is 11.9. The summed E-state index contributed by atoms with van der Waals surface area (Å²) >= 11 is 3.98. The van der Waals surface area contributed by atoms with Crippen LogP contribution in [-0.4, -0.2) is 0 Å². The zero-order valence-electron chi connectivity index (χ0n) is 17.3. The van der Waals surface area contributed by atoms with Gasteiger partial charge in [-0.25, -0.2) is 0 Å². The minimum Gasteiger partial charge on any atom is -0.145 e. The molecule has 2 aromatic heterocycles. The van der Waals surface area contributed by atoms with Gasteiger partial charge < -0.3 is 0 Å². The Morgan fingerprint density at radius 3 is 2.31 bits per heavy atom. The molecule has 0 spiro atoms. The topological polar surface area (TPSA) is 0 Å². The zero-order valence-corrected chi connectivity index (χ0v) is 18.9. The highest BCUT2D eigenvalue weighted by molar-refractivity contribution is 7.13. The Kier molecular flexibility index (Phi) is 9.15. The van der Waals surface area contributed by atoms with Crippen molar-refractivity contribution in [2.24, 2.45) is 5.92 Å². The highest BCUT2D eigenvalue weighted by Gasteiger charge is 2.08. The second-order valence-electron chi connectivity index (χ2n) is 8.23. The third-order valence-corrected chi connectivity index (χ3v) is 7.56. The first-order valence-electron chi connectivity index (χ1n) is 10.3. The molecule has 2 heterocycles. The van der Waals surface area contributed by atoms with Gasteiger partial charge in [-0.15, -0.1) is 22.7 Å². The predicted molar refractivity (Wildman–Crippen MR) is 122 cm³/mol. The van der Waals surface area contributed by atoms with Crippen LogP contribution in [0, 0.1) is 5.92 Å². The van der Waals surface area contributed by atoms with Gasteiger partial charge in [0.2, 0.25) is 0 Å². The van der Waals surface area contributed by atoms with Crippen LogP contribution >= 0.6 is 22.7 Å². The fourth-order valence-corrected chi connectivity index (χ4v) is 5.17. The molecule has 1 unspecified atom stereocenters. The van der Waals surface area contributed by atoms with Gasteiger partial charge in [-0.2, -0.15) is 0 Å². The average Bonchev–Trinajstić information content (AvgIpc) is 3.23. The minimum absolute atomic E-state index is 0.672. The normalized spacial score (nSPS) is 13.3. The summed E-state index contributed by atoms with van der Waals surface area (Å²) in [5.41, 5.74) is 0. The number of hydrogen-bond acceptors (Lipinski definition) is 2. The van der Waals surface area contributed by atoms with Crippen molar-refractivity contribution in [3.05, 3.63) is 49.9 Å². The lowest BCUT2D eigenvalue weighted by Gasteiger charge is -2.08. The number of unbranched alkanes of at least 4 members (excludes halogenated alkanes) is 2. The summed E-state index contributed by atoms with van der Waals surface area (Å²) in [6.07, 6.45) is 12.4. The van der Waals surface area contributed by atoms with Crippen molar-refractivity contribution in [1.82, 2.24) is 0 Å². The standard InChI is InChI=1S/C24H36S2/c1-18(2)10-9-13-22-15-17-24(26-22)20(5)11-7-6-8-12-21-14-16-23(25-21)19(3)4/h9,13-20H,6-8,10-12H2,1-5H3/b13-9-. The van der Waals surface area contributed by atoms with E-state index in [1.54, 1.807) is 9.75 Å². The summed E-state index contributed by atoms with van der Waals surface area (Å²) in [5.74, 6) is 2.11. The predicted octanol–water partition coefficient (Wildman–Crippen LogP) is 8.90. The third-order valence-electron chi connectivity index (χ3n) is 4.83. The van der Waals surface area contributed by atoms with Gasteiger partial charge in [0.15, 0.2) is 0 Å². The van der Waals surface area contributed by atoms with Gasteiger partial charge in [0, 0.05) is 19.5 Å². The third kappa shape index (κ3) is 7.40. The molecule has 0 aliphatic carbocycles. The van der Waals surface area contributed by atoms with Gasteiger partial charge in [0.05, 0.1) is 0 Å². The van der Waals surface area contributed by atoms with E-state index in [1.165, 1.54) is 48.3 Å². The Morgan fingerprint density at radius 1 is 0.846 bits per heavy atom. The van der Waals surface area contributed by atoms with Crippen LogP contribution in [0.2, 0.25) is 0 Å². The Balaban J connectivity index is 1.66. The summed E-state index contributed by atoms with van der Waals surface area (Å²) < 4.78 is 0. The van der Waals surface area contributed by atoms with Gasteiger partial charge in [0.25, 0.3) is 0 Å². The molecule has 0 saturated heterocycles. The maximum Gasteiger partial charge on any atom is 0.0270 e. The van der Waals surface area contributed by atoms with Crippen molar-refractivity contribution in [3.8, 4) is 0 Å². The Hall–Kier alpha value is -0.860. The maximum atomic E-state index is 2.39. The van der Waals surface area contributed by atoms with E-state index in [0.717, 1.165) is 5.92 Å². The van der Waals surface area contributed by atoms with Crippen LogP contribution in [0.4, 0.5) is 0 Å². The quantitative estimate of drug-likeness (QED) is 0.337. The van der Waals surface area contributed by atoms with Gasteiger partial charge in [-0.1, -0.05) is 53.5 Å². The van der Waals surface area contributed by atoms with E-state index in [-0.39, 0.29) is 0 Å². The van der Waals surface area contributed by atoms with E-state index < -0.39 is 0 Å². The average molecular weight is 389 g/mol. The van der Waals surface area contributed by atoms with Crippen molar-refractivity contribution in [1.29, 1.82) is 0 Å². The van der Waals surface area contributed by atoms with E-state index in [9.17, 15) is 0 Å². The Morgan fingerprint density at radius 2 is 1.62 bits per heavy atom. The molecular weight excluding hydrogens is 352 g/mol. The molecule has 2 rings (SSSR count). The lowest BCUT2D eigenvalue weighted by molar-refractivity contribution is 0.590. The molecular formula is C24H36S2. The van der Waals surface area contributed by atoms with Crippen molar-refractivity contribution in [2.75, 3.05) is 0 Å². The fraction of sp³-hybridized carbons (Fsp3) is 0.583. The smallest absolute Gasteiger partial charge is 0.0270 e. The molecule has 0 aliphatic heterocycles. The first-order chi connectivity index (χ1) is 12.5. The van der Waals surface area contributed by atoms with E-state index in [4.69, 9.17) is 0 Å². The molecule has 0 aliphatic rings. The molecule has 2 aromatic rings. The highest BCUT2D eigenvalue weighted by Crippen LogP contribution is 2.30. The monoisotopic (exact) mass is 388 g/mol. The molecule has 1 atom stereocenters. The summed E-state index contributed by atoms with van der Waals surface area (Å²) in [7, 11) is 0. The van der Waals surface area contributed by atoms with E-state index >= 15 is 0 Å². The molecule has 2 heteroatoms.